The van der Waals surface area contributed by atoms with Gasteiger partial charge in [-0.05, 0) is 23.6 Å². The van der Waals surface area contributed by atoms with Gasteiger partial charge in [0.2, 0.25) is 5.91 Å². The Hall–Kier alpha value is -0.480. The lowest BCUT2D eigenvalue weighted by molar-refractivity contribution is -0.121. The van der Waals surface area contributed by atoms with Crippen LogP contribution in [0.4, 0.5) is 0 Å². The first-order chi connectivity index (χ1) is 7.27. The molecule has 4 heteroatoms. The summed E-state index contributed by atoms with van der Waals surface area (Å²) < 4.78 is 0. The Morgan fingerprint density at radius 2 is 2.47 bits per heavy atom. The van der Waals surface area contributed by atoms with Crippen molar-refractivity contribution in [2.45, 2.75) is 32.2 Å². The summed E-state index contributed by atoms with van der Waals surface area (Å²) in [5.74, 6) is 0.701. The smallest absolute Gasteiger partial charge is 0.221 e. The standard InChI is InChI=1S/C11H17NOS2/c1-2-4-9(10-5-3-8-15-10)12-11(13)6-7-14/h3,5,8-9,14H,2,4,6-7H2,1H3,(H,12,13). The summed E-state index contributed by atoms with van der Waals surface area (Å²) in [6, 6.07) is 4.28. The molecule has 15 heavy (non-hydrogen) atoms. The zero-order valence-electron chi connectivity index (χ0n) is 8.90. The van der Waals surface area contributed by atoms with Gasteiger partial charge in [0, 0.05) is 11.3 Å². The van der Waals surface area contributed by atoms with Crippen LogP contribution in [0.2, 0.25) is 0 Å². The van der Waals surface area contributed by atoms with Gasteiger partial charge in [-0.15, -0.1) is 11.3 Å². The number of carbonyl (C=O) groups is 1. The average molecular weight is 243 g/mol. The Bertz CT molecular complexity index is 285. The Morgan fingerprint density at radius 1 is 1.67 bits per heavy atom. The van der Waals surface area contributed by atoms with Gasteiger partial charge in [0.25, 0.3) is 0 Å². The van der Waals surface area contributed by atoms with E-state index >= 15 is 0 Å². The van der Waals surface area contributed by atoms with Crippen molar-refractivity contribution >= 4 is 29.9 Å². The van der Waals surface area contributed by atoms with Crippen LogP contribution >= 0.6 is 24.0 Å². The second-order valence-corrected chi connectivity index (χ2v) is 4.82. The van der Waals surface area contributed by atoms with E-state index in [-0.39, 0.29) is 11.9 Å². The summed E-state index contributed by atoms with van der Waals surface area (Å²) in [5.41, 5.74) is 0. The Morgan fingerprint density at radius 3 is 3.00 bits per heavy atom. The Labute approximate surface area is 100 Å². The lowest BCUT2D eigenvalue weighted by Gasteiger charge is -2.16. The summed E-state index contributed by atoms with van der Waals surface area (Å²) in [7, 11) is 0. The van der Waals surface area contributed by atoms with Crippen LogP contribution in [0.15, 0.2) is 17.5 Å². The van der Waals surface area contributed by atoms with Crippen LogP contribution in [0.3, 0.4) is 0 Å². The summed E-state index contributed by atoms with van der Waals surface area (Å²) >= 11 is 5.75. The molecule has 0 saturated carbocycles. The Kier molecular flexibility index (Phi) is 5.79. The lowest BCUT2D eigenvalue weighted by Crippen LogP contribution is -2.28. The fourth-order valence-corrected chi connectivity index (χ4v) is 2.45. The zero-order valence-corrected chi connectivity index (χ0v) is 10.6. The molecule has 0 aliphatic heterocycles. The van der Waals surface area contributed by atoms with E-state index in [1.807, 2.05) is 11.4 Å². The fraction of sp³-hybridized carbons (Fsp3) is 0.545. The average Bonchev–Trinajstić information content (AvgIpc) is 2.70. The number of hydrogen-bond donors (Lipinski definition) is 2. The van der Waals surface area contributed by atoms with E-state index < -0.39 is 0 Å². The molecule has 1 amide bonds. The van der Waals surface area contributed by atoms with Crippen LogP contribution in [0, 0.1) is 0 Å². The van der Waals surface area contributed by atoms with Crippen LogP contribution < -0.4 is 5.32 Å². The molecule has 0 aliphatic carbocycles. The molecule has 0 bridgehead atoms. The summed E-state index contributed by atoms with van der Waals surface area (Å²) in [5, 5.41) is 5.09. The van der Waals surface area contributed by atoms with Gasteiger partial charge in [-0.2, -0.15) is 12.6 Å². The van der Waals surface area contributed by atoms with E-state index in [2.05, 4.69) is 30.9 Å². The number of nitrogens with one attached hydrogen (secondary N) is 1. The zero-order chi connectivity index (χ0) is 11.1. The molecular formula is C11H17NOS2. The molecule has 0 fully saturated rings. The SMILES string of the molecule is CCCC(NC(=O)CCS)c1cccs1. The van der Waals surface area contributed by atoms with Gasteiger partial charge in [-0.3, -0.25) is 4.79 Å². The van der Waals surface area contributed by atoms with E-state index in [0.29, 0.717) is 12.2 Å². The maximum Gasteiger partial charge on any atom is 0.221 e. The Balaban J connectivity index is 2.55. The van der Waals surface area contributed by atoms with E-state index in [0.717, 1.165) is 12.8 Å². The minimum Gasteiger partial charge on any atom is -0.348 e. The highest BCUT2D eigenvalue weighted by molar-refractivity contribution is 7.80. The normalized spacial score (nSPS) is 12.4. The van der Waals surface area contributed by atoms with Gasteiger partial charge >= 0.3 is 0 Å². The predicted octanol–water partition coefficient (Wildman–Crippen LogP) is 3.03. The second-order valence-electron chi connectivity index (χ2n) is 3.40. The summed E-state index contributed by atoms with van der Waals surface area (Å²) in [6.07, 6.45) is 2.57. The third-order valence-corrected chi connectivity index (χ3v) is 3.35. The van der Waals surface area contributed by atoms with Gasteiger partial charge in [0.05, 0.1) is 6.04 Å². The molecule has 1 rings (SSSR count). The van der Waals surface area contributed by atoms with Gasteiger partial charge in [0.1, 0.15) is 0 Å². The van der Waals surface area contributed by atoms with E-state index in [4.69, 9.17) is 0 Å². The van der Waals surface area contributed by atoms with Gasteiger partial charge in [-0.25, -0.2) is 0 Å². The molecule has 1 aromatic heterocycles. The van der Waals surface area contributed by atoms with Gasteiger partial charge in [0.15, 0.2) is 0 Å². The molecule has 0 aromatic carbocycles. The monoisotopic (exact) mass is 243 g/mol. The predicted molar refractivity (Wildman–Crippen MR) is 68.6 cm³/mol. The largest absolute Gasteiger partial charge is 0.348 e. The van der Waals surface area contributed by atoms with Crippen LogP contribution in [0.5, 0.6) is 0 Å². The molecule has 1 unspecified atom stereocenters. The van der Waals surface area contributed by atoms with Gasteiger partial charge < -0.3 is 5.32 Å². The van der Waals surface area contributed by atoms with Crippen molar-refractivity contribution < 1.29 is 4.79 Å². The topological polar surface area (TPSA) is 29.1 Å². The van der Waals surface area contributed by atoms with Crippen LogP contribution in [0.25, 0.3) is 0 Å². The number of carbonyl (C=O) groups excluding carboxylic acids is 1. The molecule has 0 aliphatic rings. The first kappa shape index (κ1) is 12.6. The third kappa shape index (κ3) is 4.26. The van der Waals surface area contributed by atoms with Crippen molar-refractivity contribution in [3.63, 3.8) is 0 Å². The number of thiophene rings is 1. The van der Waals surface area contributed by atoms with Crippen molar-refractivity contribution in [2.24, 2.45) is 0 Å². The highest BCUT2D eigenvalue weighted by Crippen LogP contribution is 2.23. The molecule has 0 spiro atoms. The first-order valence-corrected chi connectivity index (χ1v) is 6.72. The van der Waals surface area contributed by atoms with Crippen molar-refractivity contribution in [3.05, 3.63) is 22.4 Å². The van der Waals surface area contributed by atoms with Crippen molar-refractivity contribution in [1.29, 1.82) is 0 Å². The second kappa shape index (κ2) is 6.90. The molecule has 1 atom stereocenters. The maximum absolute atomic E-state index is 11.5. The fourth-order valence-electron chi connectivity index (χ4n) is 1.43. The van der Waals surface area contributed by atoms with Crippen molar-refractivity contribution in [3.8, 4) is 0 Å². The van der Waals surface area contributed by atoms with Crippen LogP contribution in [-0.4, -0.2) is 11.7 Å². The molecule has 1 N–H and O–H groups in total. The quantitative estimate of drug-likeness (QED) is 0.739. The number of hydrogen-bond acceptors (Lipinski definition) is 3. The molecular weight excluding hydrogens is 226 g/mol. The van der Waals surface area contributed by atoms with E-state index in [1.165, 1.54) is 4.88 Å². The molecule has 1 aromatic rings. The summed E-state index contributed by atoms with van der Waals surface area (Å²) in [6.45, 7) is 2.13. The van der Waals surface area contributed by atoms with Crippen molar-refractivity contribution in [1.82, 2.24) is 5.32 Å². The molecule has 84 valence electrons. The third-order valence-electron chi connectivity index (χ3n) is 2.14. The van der Waals surface area contributed by atoms with Crippen LogP contribution in [-0.2, 0) is 4.79 Å². The number of rotatable bonds is 6. The molecule has 0 radical (unpaired) electrons. The van der Waals surface area contributed by atoms with Crippen molar-refractivity contribution in [2.75, 3.05) is 5.75 Å². The van der Waals surface area contributed by atoms with E-state index in [1.54, 1.807) is 11.3 Å². The number of thiol groups is 1. The molecule has 0 saturated heterocycles. The molecule has 1 heterocycles. The highest BCUT2D eigenvalue weighted by atomic mass is 32.1. The minimum atomic E-state index is 0.0943. The molecule has 2 nitrogen and oxygen atoms in total. The maximum atomic E-state index is 11.5. The van der Waals surface area contributed by atoms with Gasteiger partial charge in [-0.1, -0.05) is 19.4 Å². The summed E-state index contributed by atoms with van der Waals surface area (Å²) in [4.78, 5) is 12.7. The highest BCUT2D eigenvalue weighted by Gasteiger charge is 2.13. The number of amides is 1. The lowest BCUT2D eigenvalue weighted by atomic mass is 10.1. The minimum absolute atomic E-state index is 0.0943. The first-order valence-electron chi connectivity index (χ1n) is 5.21. The van der Waals surface area contributed by atoms with E-state index in [9.17, 15) is 4.79 Å². The van der Waals surface area contributed by atoms with Crippen LogP contribution in [0.1, 0.15) is 37.1 Å².